The molecule has 0 heterocycles. The molecule has 0 aromatic carbocycles. The van der Waals surface area contributed by atoms with Gasteiger partial charge < -0.3 is 0 Å². The third-order valence-corrected chi connectivity index (χ3v) is 7.01. The molecule has 4 rings (SSSR count). The Labute approximate surface area is 125 Å². The summed E-state index contributed by atoms with van der Waals surface area (Å²) in [6.07, 6.45) is 12.0. The summed E-state index contributed by atoms with van der Waals surface area (Å²) in [5, 5.41) is 0. The molecule has 3 saturated carbocycles. The molecule has 1 unspecified atom stereocenters. The van der Waals surface area contributed by atoms with Crippen LogP contribution in [-0.4, -0.2) is 0 Å². The Morgan fingerprint density at radius 1 is 1.45 bits per heavy atom. The largest absolute Gasteiger partial charge is 0.0859 e. The molecule has 0 nitrogen and oxygen atoms in total. The summed E-state index contributed by atoms with van der Waals surface area (Å²) in [6.45, 7) is 12.0. The Balaban J connectivity index is 1.68. The molecule has 6 atom stereocenters. The first kappa shape index (κ1) is 14.4. The molecule has 0 N–H and O–H groups in total. The Bertz CT molecular complexity index is 437. The van der Waals surface area contributed by atoms with Crippen LogP contribution in [0.5, 0.6) is 0 Å². The Morgan fingerprint density at radius 3 is 2.85 bits per heavy atom. The van der Waals surface area contributed by atoms with E-state index in [1.54, 1.807) is 5.57 Å². The van der Waals surface area contributed by atoms with E-state index in [0.29, 0.717) is 5.41 Å². The number of hydrogen-bond donors (Lipinski definition) is 0. The minimum absolute atomic E-state index is 0.680. The van der Waals surface area contributed by atoms with Gasteiger partial charge in [0.25, 0.3) is 0 Å². The van der Waals surface area contributed by atoms with Gasteiger partial charge in [0.1, 0.15) is 0 Å². The highest BCUT2D eigenvalue weighted by molar-refractivity contribution is 5.28. The maximum atomic E-state index is 2.58. The number of allylic oxidation sites excluding steroid dienone is 4. The van der Waals surface area contributed by atoms with E-state index in [1.165, 1.54) is 37.7 Å². The highest BCUT2D eigenvalue weighted by atomic mass is 14.7. The fraction of sp³-hybridized carbons (Fsp3) is 0.800. The quantitative estimate of drug-likeness (QED) is 0.551. The topological polar surface area (TPSA) is 0 Å². The first-order chi connectivity index (χ1) is 9.45. The zero-order valence-electron chi connectivity index (χ0n) is 14.1. The van der Waals surface area contributed by atoms with Gasteiger partial charge in [-0.25, -0.2) is 0 Å². The van der Waals surface area contributed by atoms with E-state index in [9.17, 15) is 0 Å². The fourth-order valence-corrected chi connectivity index (χ4v) is 5.98. The van der Waals surface area contributed by atoms with Gasteiger partial charge in [-0.05, 0) is 87.9 Å². The summed E-state index contributed by atoms with van der Waals surface area (Å²) in [4.78, 5) is 0. The monoisotopic (exact) mass is 272 g/mol. The minimum Gasteiger partial charge on any atom is -0.0859 e. The summed E-state index contributed by atoms with van der Waals surface area (Å²) < 4.78 is 0. The summed E-state index contributed by atoms with van der Waals surface area (Å²) in [6, 6.07) is 0. The molecule has 0 amide bonds. The molecule has 20 heavy (non-hydrogen) atoms. The molecule has 4 bridgehead atoms. The van der Waals surface area contributed by atoms with Crippen LogP contribution in [0.4, 0.5) is 0 Å². The van der Waals surface area contributed by atoms with Gasteiger partial charge >= 0.3 is 0 Å². The SMILES string of the molecule is CC(C)=CCC[C@H](C)[C@@H]1CCC2(C)[C@H]3CC=C(C)[C@H]2[C@H]13. The average molecular weight is 272 g/mol. The molecule has 112 valence electrons. The van der Waals surface area contributed by atoms with Crippen molar-refractivity contribution >= 4 is 0 Å². The van der Waals surface area contributed by atoms with Crippen LogP contribution in [0.1, 0.15) is 66.7 Å². The van der Waals surface area contributed by atoms with Crippen molar-refractivity contribution in [3.8, 4) is 0 Å². The first-order valence-electron chi connectivity index (χ1n) is 8.75. The first-order valence-corrected chi connectivity index (χ1v) is 8.75. The van der Waals surface area contributed by atoms with E-state index in [2.05, 4.69) is 46.8 Å². The van der Waals surface area contributed by atoms with Crippen molar-refractivity contribution in [1.29, 1.82) is 0 Å². The summed E-state index contributed by atoms with van der Waals surface area (Å²) in [5.74, 6) is 4.89. The van der Waals surface area contributed by atoms with E-state index < -0.39 is 0 Å². The summed E-state index contributed by atoms with van der Waals surface area (Å²) >= 11 is 0. The van der Waals surface area contributed by atoms with Crippen LogP contribution in [0.2, 0.25) is 0 Å². The van der Waals surface area contributed by atoms with Crippen molar-refractivity contribution in [2.24, 2.45) is 35.0 Å². The van der Waals surface area contributed by atoms with E-state index in [1.807, 2.05) is 0 Å². The van der Waals surface area contributed by atoms with Gasteiger partial charge in [0.15, 0.2) is 0 Å². The molecule has 0 aliphatic heterocycles. The Hall–Kier alpha value is -0.520. The van der Waals surface area contributed by atoms with Crippen LogP contribution < -0.4 is 0 Å². The van der Waals surface area contributed by atoms with Crippen LogP contribution >= 0.6 is 0 Å². The molecule has 4 aliphatic rings. The van der Waals surface area contributed by atoms with Gasteiger partial charge in [0.2, 0.25) is 0 Å². The molecular formula is C20H32. The predicted molar refractivity (Wildman–Crippen MR) is 87.5 cm³/mol. The molecule has 0 aromatic rings. The van der Waals surface area contributed by atoms with Gasteiger partial charge in [-0.1, -0.05) is 37.1 Å². The zero-order chi connectivity index (χ0) is 14.5. The minimum atomic E-state index is 0.680. The molecule has 0 aromatic heterocycles. The van der Waals surface area contributed by atoms with Crippen LogP contribution in [0.3, 0.4) is 0 Å². The lowest BCUT2D eigenvalue weighted by Crippen LogP contribution is -2.64. The summed E-state index contributed by atoms with van der Waals surface area (Å²) in [7, 11) is 0. The van der Waals surface area contributed by atoms with E-state index in [-0.39, 0.29) is 0 Å². The molecular weight excluding hydrogens is 240 g/mol. The average Bonchev–Trinajstić information content (AvgIpc) is 2.38. The highest BCUT2D eigenvalue weighted by Gasteiger charge is 2.65. The van der Waals surface area contributed by atoms with E-state index >= 15 is 0 Å². The number of hydrogen-bond acceptors (Lipinski definition) is 0. The van der Waals surface area contributed by atoms with Gasteiger partial charge in [0.05, 0.1) is 0 Å². The third-order valence-electron chi connectivity index (χ3n) is 7.01. The third kappa shape index (κ3) is 2.02. The molecule has 4 aliphatic carbocycles. The summed E-state index contributed by atoms with van der Waals surface area (Å²) in [5.41, 5.74) is 3.88. The van der Waals surface area contributed by atoms with Crippen molar-refractivity contribution < 1.29 is 0 Å². The van der Waals surface area contributed by atoms with Crippen molar-refractivity contribution in [3.63, 3.8) is 0 Å². The molecule has 0 saturated heterocycles. The fourth-order valence-electron chi connectivity index (χ4n) is 5.98. The zero-order valence-corrected chi connectivity index (χ0v) is 14.1. The molecule has 0 heteroatoms. The lowest BCUT2D eigenvalue weighted by atomic mass is 9.34. The molecule has 0 spiro atoms. The lowest BCUT2D eigenvalue weighted by molar-refractivity contribution is -0.183. The van der Waals surface area contributed by atoms with Crippen LogP contribution in [-0.2, 0) is 0 Å². The number of rotatable bonds is 4. The second-order valence-electron chi connectivity index (χ2n) is 8.39. The molecule has 3 fully saturated rings. The van der Waals surface area contributed by atoms with Crippen molar-refractivity contribution in [3.05, 3.63) is 23.3 Å². The second kappa shape index (κ2) is 5.04. The normalized spacial score (nSPS) is 43.4. The van der Waals surface area contributed by atoms with E-state index in [4.69, 9.17) is 0 Å². The molecule has 0 radical (unpaired) electrons. The Kier molecular flexibility index (Phi) is 3.63. The smallest absolute Gasteiger partial charge is 0.0115 e. The standard InChI is InChI=1S/C20H32/c1-13(2)7-6-8-14(3)16-11-12-20(5)17-10-9-15(4)19(20)18(16)17/h7,9,14,16-19H,6,8,10-12H2,1-5H3/t14-,16-,17-,18+,19-,20?/m0/s1. The van der Waals surface area contributed by atoms with Gasteiger partial charge in [0, 0.05) is 0 Å². The van der Waals surface area contributed by atoms with Crippen molar-refractivity contribution in [1.82, 2.24) is 0 Å². The van der Waals surface area contributed by atoms with Gasteiger partial charge in [-0.15, -0.1) is 0 Å². The number of fused-ring (bicyclic) bond motifs is 2. The van der Waals surface area contributed by atoms with Gasteiger partial charge in [-0.2, -0.15) is 0 Å². The van der Waals surface area contributed by atoms with E-state index in [0.717, 1.165) is 29.6 Å². The van der Waals surface area contributed by atoms with Gasteiger partial charge in [-0.3, -0.25) is 0 Å². The lowest BCUT2D eigenvalue weighted by Gasteiger charge is -2.70. The van der Waals surface area contributed by atoms with Crippen LogP contribution in [0, 0.1) is 35.0 Å². The van der Waals surface area contributed by atoms with Crippen molar-refractivity contribution in [2.75, 3.05) is 0 Å². The Morgan fingerprint density at radius 2 is 2.20 bits per heavy atom. The predicted octanol–water partition coefficient (Wildman–Crippen LogP) is 6.00. The highest BCUT2D eigenvalue weighted by Crippen LogP contribution is 2.72. The van der Waals surface area contributed by atoms with Crippen LogP contribution in [0.25, 0.3) is 0 Å². The van der Waals surface area contributed by atoms with Crippen molar-refractivity contribution in [2.45, 2.75) is 66.7 Å². The second-order valence-corrected chi connectivity index (χ2v) is 8.39. The maximum absolute atomic E-state index is 2.58. The maximum Gasteiger partial charge on any atom is -0.0115 e. The van der Waals surface area contributed by atoms with Crippen LogP contribution in [0.15, 0.2) is 23.3 Å².